The second kappa shape index (κ2) is 10.5. The number of aromatic nitrogens is 4. The van der Waals surface area contributed by atoms with Gasteiger partial charge in [-0.25, -0.2) is 19.7 Å². The van der Waals surface area contributed by atoms with Crippen molar-refractivity contribution in [2.75, 3.05) is 23.8 Å². The molecule has 1 aromatic carbocycles. The van der Waals surface area contributed by atoms with Crippen LogP contribution in [0.3, 0.4) is 0 Å². The maximum Gasteiger partial charge on any atom is 0.324 e. The van der Waals surface area contributed by atoms with Gasteiger partial charge in [0.2, 0.25) is 0 Å². The van der Waals surface area contributed by atoms with Crippen LogP contribution < -0.4 is 20.7 Å². The van der Waals surface area contributed by atoms with Crippen LogP contribution in [-0.2, 0) is 19.0 Å². The normalized spacial score (nSPS) is 23.7. The van der Waals surface area contributed by atoms with Crippen LogP contribution in [-0.4, -0.2) is 68.7 Å². The van der Waals surface area contributed by atoms with Crippen molar-refractivity contribution in [2.24, 2.45) is 0 Å². The maximum atomic E-state index is 12.7. The van der Waals surface area contributed by atoms with Crippen molar-refractivity contribution in [1.29, 1.82) is 0 Å². The number of nitrogens with zero attached hydrogens (tertiary/aromatic N) is 4. The lowest BCUT2D eigenvalue weighted by molar-refractivity contribution is -0.197. The van der Waals surface area contributed by atoms with Gasteiger partial charge in [-0.05, 0) is 51.5 Å². The Balaban J connectivity index is 1.34. The smallest absolute Gasteiger partial charge is 0.324 e. The molecule has 0 bridgehead atoms. The molecule has 0 unspecified atom stereocenters. The molecular weight excluding hydrogens is 494 g/mol. The second-order valence-corrected chi connectivity index (χ2v) is 9.40. The fraction of sp³-hybridized carbons (Fsp3) is 0.480. The van der Waals surface area contributed by atoms with Gasteiger partial charge in [-0.3, -0.25) is 14.7 Å². The minimum atomic E-state index is -0.890. The number of amides is 3. The average molecular weight is 526 g/mol. The minimum absolute atomic E-state index is 0.216. The third-order valence-electron chi connectivity index (χ3n) is 6.09. The van der Waals surface area contributed by atoms with E-state index in [-0.39, 0.29) is 11.7 Å². The van der Waals surface area contributed by atoms with Crippen LogP contribution in [0.1, 0.15) is 40.3 Å². The van der Waals surface area contributed by atoms with E-state index < -0.39 is 36.4 Å². The Morgan fingerprint density at radius 2 is 1.82 bits per heavy atom. The molecule has 0 radical (unpaired) electrons. The van der Waals surface area contributed by atoms with E-state index in [1.165, 1.54) is 12.7 Å². The van der Waals surface area contributed by atoms with Gasteiger partial charge in [0.05, 0.1) is 12.9 Å². The predicted octanol–water partition coefficient (Wildman–Crippen LogP) is 2.81. The first kappa shape index (κ1) is 25.8. The summed E-state index contributed by atoms with van der Waals surface area (Å²) in [5, 5.41) is 8.27. The SMILES string of the molecule is CCCOc1ccc(NC(=O)Nc2ncnc3c2ncn3[C@@H]2O[C@H](C(=O)NCC)[C@H]3OC(C)(C)O[C@H]32)cc1. The summed E-state index contributed by atoms with van der Waals surface area (Å²) in [6, 6.07) is 6.58. The van der Waals surface area contributed by atoms with Crippen LogP contribution in [0, 0.1) is 0 Å². The average Bonchev–Trinajstić information content (AvgIpc) is 3.54. The summed E-state index contributed by atoms with van der Waals surface area (Å²) in [4.78, 5) is 38.3. The molecule has 4 heterocycles. The van der Waals surface area contributed by atoms with Crippen molar-refractivity contribution in [3.63, 3.8) is 0 Å². The van der Waals surface area contributed by atoms with E-state index in [4.69, 9.17) is 18.9 Å². The highest BCUT2D eigenvalue weighted by Gasteiger charge is 2.58. The maximum absolute atomic E-state index is 12.7. The minimum Gasteiger partial charge on any atom is -0.494 e. The van der Waals surface area contributed by atoms with Gasteiger partial charge in [-0.2, -0.15) is 0 Å². The fourth-order valence-corrected chi connectivity index (χ4v) is 4.54. The molecule has 0 saturated carbocycles. The lowest BCUT2D eigenvalue weighted by atomic mass is 10.1. The third-order valence-corrected chi connectivity index (χ3v) is 6.09. The predicted molar refractivity (Wildman–Crippen MR) is 137 cm³/mol. The van der Waals surface area contributed by atoms with Gasteiger partial charge in [0.25, 0.3) is 5.91 Å². The molecule has 2 fully saturated rings. The lowest BCUT2D eigenvalue weighted by Gasteiger charge is -2.24. The van der Waals surface area contributed by atoms with Gasteiger partial charge in [-0.1, -0.05) is 6.92 Å². The fourth-order valence-electron chi connectivity index (χ4n) is 4.54. The molecular formula is C25H31N7O6. The molecule has 3 amide bonds. The number of ether oxygens (including phenoxy) is 4. The van der Waals surface area contributed by atoms with E-state index >= 15 is 0 Å². The largest absolute Gasteiger partial charge is 0.494 e. The van der Waals surface area contributed by atoms with E-state index in [1.54, 1.807) is 42.7 Å². The lowest BCUT2D eigenvalue weighted by Crippen LogP contribution is -2.42. The van der Waals surface area contributed by atoms with Crippen molar-refractivity contribution >= 4 is 34.6 Å². The number of fused-ring (bicyclic) bond motifs is 2. The molecule has 2 aliphatic rings. The number of hydrogen-bond donors (Lipinski definition) is 3. The number of rotatable bonds is 8. The van der Waals surface area contributed by atoms with Crippen molar-refractivity contribution in [1.82, 2.24) is 24.8 Å². The molecule has 0 spiro atoms. The molecule has 3 N–H and O–H groups in total. The summed E-state index contributed by atoms with van der Waals surface area (Å²) in [6.07, 6.45) is 0.968. The van der Waals surface area contributed by atoms with Crippen LogP contribution in [0.4, 0.5) is 16.3 Å². The summed E-state index contributed by atoms with van der Waals surface area (Å²) in [6.45, 7) is 8.53. The molecule has 2 saturated heterocycles. The molecule has 3 aromatic rings. The first-order chi connectivity index (χ1) is 18.3. The molecule has 13 nitrogen and oxygen atoms in total. The number of hydrogen-bond acceptors (Lipinski definition) is 9. The van der Waals surface area contributed by atoms with E-state index in [0.29, 0.717) is 30.0 Å². The van der Waals surface area contributed by atoms with E-state index in [1.807, 2.05) is 13.8 Å². The molecule has 2 aliphatic heterocycles. The monoisotopic (exact) mass is 525 g/mol. The molecule has 0 aliphatic carbocycles. The molecule has 13 heteroatoms. The highest BCUT2D eigenvalue weighted by atomic mass is 16.8. The van der Waals surface area contributed by atoms with Crippen LogP contribution in [0.2, 0.25) is 0 Å². The summed E-state index contributed by atoms with van der Waals surface area (Å²) in [7, 11) is 0. The molecule has 38 heavy (non-hydrogen) atoms. The number of likely N-dealkylation sites (N-methyl/N-ethyl adjacent to an activating group) is 1. The number of carbonyl (C=O) groups excluding carboxylic acids is 2. The Morgan fingerprint density at radius 3 is 2.55 bits per heavy atom. The van der Waals surface area contributed by atoms with Gasteiger partial charge in [-0.15, -0.1) is 0 Å². The number of anilines is 2. The molecule has 2 aromatic heterocycles. The Bertz CT molecular complexity index is 1310. The first-order valence-corrected chi connectivity index (χ1v) is 12.6. The Labute approximate surface area is 219 Å². The zero-order valence-corrected chi connectivity index (χ0v) is 21.6. The summed E-state index contributed by atoms with van der Waals surface area (Å²) >= 11 is 0. The van der Waals surface area contributed by atoms with Crippen molar-refractivity contribution in [2.45, 2.75) is 64.4 Å². The van der Waals surface area contributed by atoms with Crippen LogP contribution in [0.15, 0.2) is 36.9 Å². The van der Waals surface area contributed by atoms with Gasteiger partial charge < -0.3 is 29.6 Å². The summed E-state index contributed by atoms with van der Waals surface area (Å²) in [5.74, 6) is -0.229. The summed E-state index contributed by atoms with van der Waals surface area (Å²) < 4.78 is 25.4. The Kier molecular flexibility index (Phi) is 7.15. The van der Waals surface area contributed by atoms with Crippen LogP contribution >= 0.6 is 0 Å². The van der Waals surface area contributed by atoms with Gasteiger partial charge in [0.15, 0.2) is 35.1 Å². The number of carbonyl (C=O) groups is 2. The van der Waals surface area contributed by atoms with Gasteiger partial charge in [0, 0.05) is 12.2 Å². The molecule has 5 rings (SSSR count). The molecule has 4 atom stereocenters. The zero-order chi connectivity index (χ0) is 26.9. The highest BCUT2D eigenvalue weighted by Crippen LogP contribution is 2.44. The third kappa shape index (κ3) is 5.12. The van der Waals surface area contributed by atoms with Crippen molar-refractivity contribution < 1.29 is 28.5 Å². The standard InChI is InChI=1S/C25H31N7O6/c1-5-11-35-15-9-7-14(8-10-15)30-24(34)31-20-16-21(28-12-27-20)32(13-29-16)23-19-17(37-25(3,4)38-19)18(36-23)22(33)26-6-2/h7-10,12-13,17-19,23H,5-6,11H2,1-4H3,(H,26,33)(H2,27,28,30,31,34)/t17-,18+,19-,23-/m1/s1. The number of urea groups is 1. The number of benzene rings is 1. The van der Waals surface area contributed by atoms with Crippen LogP contribution in [0.25, 0.3) is 11.2 Å². The Hall–Kier alpha value is -3.81. The summed E-state index contributed by atoms with van der Waals surface area (Å²) in [5.41, 5.74) is 1.34. The number of nitrogens with one attached hydrogen (secondary N) is 3. The number of imidazole rings is 1. The van der Waals surface area contributed by atoms with Gasteiger partial charge >= 0.3 is 6.03 Å². The van der Waals surface area contributed by atoms with E-state index in [9.17, 15) is 9.59 Å². The first-order valence-electron chi connectivity index (χ1n) is 12.6. The quantitative estimate of drug-likeness (QED) is 0.403. The zero-order valence-electron chi connectivity index (χ0n) is 21.6. The van der Waals surface area contributed by atoms with Gasteiger partial charge in [0.1, 0.15) is 24.3 Å². The van der Waals surface area contributed by atoms with Crippen molar-refractivity contribution in [3.8, 4) is 5.75 Å². The van der Waals surface area contributed by atoms with Crippen LogP contribution in [0.5, 0.6) is 5.75 Å². The van der Waals surface area contributed by atoms with Crippen molar-refractivity contribution in [3.05, 3.63) is 36.9 Å². The molecule has 202 valence electrons. The van der Waals surface area contributed by atoms with E-state index in [0.717, 1.165) is 12.2 Å². The second-order valence-electron chi connectivity index (χ2n) is 9.40. The highest BCUT2D eigenvalue weighted by molar-refractivity contribution is 6.03. The Morgan fingerprint density at radius 1 is 1.05 bits per heavy atom. The van der Waals surface area contributed by atoms with E-state index in [2.05, 4.69) is 30.9 Å². The topological polar surface area (TPSA) is 151 Å².